The van der Waals surface area contributed by atoms with Gasteiger partial charge in [-0.15, -0.1) is 0 Å². The number of hydrogen-bond donors (Lipinski definition) is 1. The van der Waals surface area contributed by atoms with Gasteiger partial charge in [-0.25, -0.2) is 0 Å². The van der Waals surface area contributed by atoms with Gasteiger partial charge in [-0.05, 0) is 57.2 Å². The summed E-state index contributed by atoms with van der Waals surface area (Å²) < 4.78 is 7.05. The van der Waals surface area contributed by atoms with Crippen molar-refractivity contribution in [3.63, 3.8) is 0 Å². The summed E-state index contributed by atoms with van der Waals surface area (Å²) in [4.78, 5) is 0. The first-order valence-electron chi connectivity index (χ1n) is 7.52. The molecule has 1 saturated carbocycles. The summed E-state index contributed by atoms with van der Waals surface area (Å²) in [5.41, 5.74) is 1.49. The molecular formula is C17H26BrNO. The predicted molar refractivity (Wildman–Crippen MR) is 88.2 cm³/mol. The van der Waals surface area contributed by atoms with Gasteiger partial charge in [0.2, 0.25) is 0 Å². The third-order valence-corrected chi connectivity index (χ3v) is 4.12. The minimum absolute atomic E-state index is 0.143. The normalized spacial score (nSPS) is 17.2. The zero-order valence-electron chi connectivity index (χ0n) is 12.8. The molecule has 1 aromatic carbocycles. The first kappa shape index (κ1) is 16.0. The Morgan fingerprint density at radius 2 is 1.90 bits per heavy atom. The highest BCUT2D eigenvalue weighted by molar-refractivity contribution is 9.10. The fourth-order valence-corrected chi connectivity index (χ4v) is 2.36. The Balaban J connectivity index is 1.92. The smallest absolute Gasteiger partial charge is 0.0547 e. The molecule has 2 rings (SSSR count). The molecule has 1 fully saturated rings. The summed E-state index contributed by atoms with van der Waals surface area (Å²) in [5, 5.41) is 3.60. The van der Waals surface area contributed by atoms with Gasteiger partial charge in [0.1, 0.15) is 0 Å². The van der Waals surface area contributed by atoms with E-state index in [2.05, 4.69) is 66.3 Å². The van der Waals surface area contributed by atoms with Crippen molar-refractivity contribution in [2.75, 3.05) is 19.8 Å². The second kappa shape index (κ2) is 7.06. The van der Waals surface area contributed by atoms with Crippen molar-refractivity contribution in [1.82, 2.24) is 5.32 Å². The summed E-state index contributed by atoms with van der Waals surface area (Å²) in [6, 6.07) is 8.61. The van der Waals surface area contributed by atoms with E-state index in [1.54, 1.807) is 0 Å². The lowest BCUT2D eigenvalue weighted by atomic mass is 9.98. The molecule has 112 valence electrons. The van der Waals surface area contributed by atoms with E-state index < -0.39 is 0 Å². The predicted octanol–water partition coefficient (Wildman–Crippen LogP) is 4.35. The van der Waals surface area contributed by atoms with Crippen molar-refractivity contribution < 1.29 is 4.74 Å². The molecule has 1 atom stereocenters. The average Bonchev–Trinajstić information content (AvgIpc) is 3.18. The van der Waals surface area contributed by atoms with E-state index in [0.29, 0.717) is 5.92 Å². The van der Waals surface area contributed by atoms with Gasteiger partial charge in [-0.3, -0.25) is 0 Å². The second-order valence-corrected chi connectivity index (χ2v) is 7.78. The van der Waals surface area contributed by atoms with Crippen LogP contribution in [0.15, 0.2) is 28.7 Å². The molecule has 0 saturated heterocycles. The van der Waals surface area contributed by atoms with Gasteiger partial charge in [0, 0.05) is 29.1 Å². The number of nitrogens with one attached hydrogen (secondary N) is 1. The number of halogens is 1. The van der Waals surface area contributed by atoms with Gasteiger partial charge in [0.15, 0.2) is 0 Å². The minimum Gasteiger partial charge on any atom is -0.380 e. The summed E-state index contributed by atoms with van der Waals surface area (Å²) in [7, 11) is 0. The van der Waals surface area contributed by atoms with E-state index >= 15 is 0 Å². The van der Waals surface area contributed by atoms with Crippen LogP contribution in [0.25, 0.3) is 0 Å². The van der Waals surface area contributed by atoms with Crippen LogP contribution in [0.5, 0.6) is 0 Å². The molecular weight excluding hydrogens is 314 g/mol. The summed E-state index contributed by atoms with van der Waals surface area (Å²) >= 11 is 3.50. The summed E-state index contributed by atoms with van der Waals surface area (Å²) in [6.07, 6.45) is 2.70. The molecule has 0 aromatic heterocycles. The van der Waals surface area contributed by atoms with Crippen LogP contribution in [-0.4, -0.2) is 25.3 Å². The van der Waals surface area contributed by atoms with E-state index in [0.717, 1.165) is 30.1 Å². The largest absolute Gasteiger partial charge is 0.380 e. The van der Waals surface area contributed by atoms with E-state index in [1.165, 1.54) is 18.4 Å². The van der Waals surface area contributed by atoms with E-state index in [4.69, 9.17) is 4.74 Å². The molecule has 20 heavy (non-hydrogen) atoms. The standard InChI is InChI=1S/C17H26BrNO/c1-17(2,3)19-10-15(12-20-11-13-4-5-13)14-6-8-16(18)9-7-14/h6-9,13,15,19H,4-5,10-12H2,1-3H3. The van der Waals surface area contributed by atoms with Crippen LogP contribution in [0.4, 0.5) is 0 Å². The van der Waals surface area contributed by atoms with Crippen molar-refractivity contribution in [2.45, 2.75) is 45.1 Å². The van der Waals surface area contributed by atoms with Gasteiger partial charge >= 0.3 is 0 Å². The fourth-order valence-electron chi connectivity index (χ4n) is 2.10. The van der Waals surface area contributed by atoms with Crippen LogP contribution in [-0.2, 0) is 4.74 Å². The Bertz CT molecular complexity index is 406. The fraction of sp³-hybridized carbons (Fsp3) is 0.647. The lowest BCUT2D eigenvalue weighted by molar-refractivity contribution is 0.108. The molecule has 0 radical (unpaired) electrons. The van der Waals surface area contributed by atoms with Gasteiger partial charge in [-0.2, -0.15) is 0 Å². The number of hydrogen-bond acceptors (Lipinski definition) is 2. The molecule has 1 aromatic rings. The molecule has 0 aliphatic heterocycles. The Labute approximate surface area is 131 Å². The molecule has 0 amide bonds. The van der Waals surface area contributed by atoms with Crippen LogP contribution >= 0.6 is 15.9 Å². The van der Waals surface area contributed by atoms with Crippen molar-refractivity contribution in [3.05, 3.63) is 34.3 Å². The Hall–Kier alpha value is -0.380. The molecule has 1 aliphatic carbocycles. The highest BCUT2D eigenvalue weighted by Gasteiger charge is 2.22. The molecule has 2 nitrogen and oxygen atoms in total. The lowest BCUT2D eigenvalue weighted by Crippen LogP contribution is -2.39. The highest BCUT2D eigenvalue weighted by atomic mass is 79.9. The Morgan fingerprint density at radius 3 is 2.45 bits per heavy atom. The van der Waals surface area contributed by atoms with Crippen molar-refractivity contribution in [1.29, 1.82) is 0 Å². The maximum atomic E-state index is 5.92. The van der Waals surface area contributed by atoms with Crippen LogP contribution in [0, 0.1) is 5.92 Å². The van der Waals surface area contributed by atoms with E-state index in [9.17, 15) is 0 Å². The SMILES string of the molecule is CC(C)(C)NCC(COCC1CC1)c1ccc(Br)cc1. The third kappa shape index (κ3) is 5.94. The van der Waals surface area contributed by atoms with Crippen molar-refractivity contribution in [3.8, 4) is 0 Å². The Kier molecular flexibility index (Phi) is 5.65. The quantitative estimate of drug-likeness (QED) is 0.797. The molecule has 0 heterocycles. The topological polar surface area (TPSA) is 21.3 Å². The molecule has 0 spiro atoms. The second-order valence-electron chi connectivity index (χ2n) is 6.86. The maximum Gasteiger partial charge on any atom is 0.0547 e. The first-order valence-corrected chi connectivity index (χ1v) is 8.31. The zero-order chi connectivity index (χ0) is 14.6. The van der Waals surface area contributed by atoms with Gasteiger partial charge in [0.25, 0.3) is 0 Å². The summed E-state index contributed by atoms with van der Waals surface area (Å²) in [5.74, 6) is 1.25. The maximum absolute atomic E-state index is 5.92. The average molecular weight is 340 g/mol. The minimum atomic E-state index is 0.143. The first-order chi connectivity index (χ1) is 9.44. The van der Waals surface area contributed by atoms with Crippen LogP contribution < -0.4 is 5.32 Å². The van der Waals surface area contributed by atoms with Gasteiger partial charge < -0.3 is 10.1 Å². The van der Waals surface area contributed by atoms with Crippen molar-refractivity contribution in [2.24, 2.45) is 5.92 Å². The number of rotatable bonds is 7. The third-order valence-electron chi connectivity index (χ3n) is 3.59. The highest BCUT2D eigenvalue weighted by Crippen LogP contribution is 2.29. The molecule has 1 N–H and O–H groups in total. The van der Waals surface area contributed by atoms with E-state index in [1.807, 2.05) is 0 Å². The molecule has 1 aliphatic rings. The Morgan fingerprint density at radius 1 is 1.25 bits per heavy atom. The van der Waals surface area contributed by atoms with E-state index in [-0.39, 0.29) is 5.54 Å². The summed E-state index contributed by atoms with van der Waals surface area (Å²) in [6.45, 7) is 9.31. The van der Waals surface area contributed by atoms with Crippen molar-refractivity contribution >= 4 is 15.9 Å². The van der Waals surface area contributed by atoms with Crippen LogP contribution in [0.1, 0.15) is 45.1 Å². The molecule has 3 heteroatoms. The van der Waals surface area contributed by atoms with Gasteiger partial charge in [0.05, 0.1) is 6.61 Å². The van der Waals surface area contributed by atoms with Gasteiger partial charge in [-0.1, -0.05) is 28.1 Å². The monoisotopic (exact) mass is 339 g/mol. The number of benzene rings is 1. The lowest BCUT2D eigenvalue weighted by Gasteiger charge is -2.25. The van der Waals surface area contributed by atoms with Crippen LogP contribution in [0.3, 0.4) is 0 Å². The zero-order valence-corrected chi connectivity index (χ0v) is 14.4. The molecule has 0 bridgehead atoms. The van der Waals surface area contributed by atoms with Crippen LogP contribution in [0.2, 0.25) is 0 Å². The number of ether oxygens (including phenoxy) is 1. The molecule has 1 unspecified atom stereocenters.